The Morgan fingerprint density at radius 2 is 1.94 bits per heavy atom. The smallest absolute Gasteiger partial charge is 0.118 e. The van der Waals surface area contributed by atoms with Gasteiger partial charge in [0, 0.05) is 19.2 Å². The van der Waals surface area contributed by atoms with Crippen LogP contribution in [0.2, 0.25) is 0 Å². The van der Waals surface area contributed by atoms with Gasteiger partial charge in [-0.2, -0.15) is 0 Å². The standard InChI is InChI=1S/C15H23NO2/c1-3-18-9-8-16-14-10-13(11-14)12-4-6-15(17-2)7-5-12/h4-7,13-14,16H,3,8-11H2,1-2H3. The summed E-state index contributed by atoms with van der Waals surface area (Å²) in [7, 11) is 1.71. The number of hydrogen-bond donors (Lipinski definition) is 1. The minimum atomic E-state index is 0.664. The van der Waals surface area contributed by atoms with Gasteiger partial charge in [-0.3, -0.25) is 0 Å². The lowest BCUT2D eigenvalue weighted by molar-refractivity contribution is 0.141. The molecule has 1 saturated carbocycles. The van der Waals surface area contributed by atoms with Gasteiger partial charge in [0.1, 0.15) is 5.75 Å². The molecule has 1 aliphatic rings. The maximum absolute atomic E-state index is 5.31. The lowest BCUT2D eigenvalue weighted by atomic mass is 9.76. The van der Waals surface area contributed by atoms with Crippen LogP contribution < -0.4 is 10.1 Å². The quantitative estimate of drug-likeness (QED) is 0.753. The topological polar surface area (TPSA) is 30.5 Å². The molecule has 0 aliphatic heterocycles. The first-order valence-electron chi connectivity index (χ1n) is 6.78. The normalized spacial score (nSPS) is 22.6. The Hall–Kier alpha value is -1.06. The number of benzene rings is 1. The molecule has 0 amide bonds. The molecule has 0 bridgehead atoms. The predicted molar refractivity (Wildman–Crippen MR) is 73.3 cm³/mol. The summed E-state index contributed by atoms with van der Waals surface area (Å²) in [5, 5.41) is 3.53. The lowest BCUT2D eigenvalue weighted by Crippen LogP contribution is -2.41. The second-order valence-electron chi connectivity index (χ2n) is 4.79. The third-order valence-corrected chi connectivity index (χ3v) is 3.61. The minimum Gasteiger partial charge on any atom is -0.497 e. The highest BCUT2D eigenvalue weighted by Gasteiger charge is 2.29. The van der Waals surface area contributed by atoms with Gasteiger partial charge in [-0.05, 0) is 43.4 Å². The largest absolute Gasteiger partial charge is 0.497 e. The molecule has 0 radical (unpaired) electrons. The number of rotatable bonds is 7. The first-order chi connectivity index (χ1) is 8.83. The predicted octanol–water partition coefficient (Wildman–Crippen LogP) is 2.57. The Balaban J connectivity index is 1.68. The SMILES string of the molecule is CCOCCNC1CC(c2ccc(OC)cc2)C1. The molecule has 100 valence electrons. The molecule has 3 nitrogen and oxygen atoms in total. The van der Waals surface area contributed by atoms with Gasteiger partial charge < -0.3 is 14.8 Å². The zero-order valence-electron chi connectivity index (χ0n) is 11.3. The van der Waals surface area contributed by atoms with Crippen LogP contribution in [0.25, 0.3) is 0 Å². The molecule has 1 aliphatic carbocycles. The Morgan fingerprint density at radius 3 is 2.56 bits per heavy atom. The average Bonchev–Trinajstić information content (AvgIpc) is 2.37. The maximum atomic E-state index is 5.31. The maximum Gasteiger partial charge on any atom is 0.118 e. The first-order valence-corrected chi connectivity index (χ1v) is 6.78. The minimum absolute atomic E-state index is 0.664. The summed E-state index contributed by atoms with van der Waals surface area (Å²) in [5.74, 6) is 1.64. The van der Waals surface area contributed by atoms with E-state index < -0.39 is 0 Å². The molecule has 1 fully saturated rings. The molecule has 0 atom stereocenters. The van der Waals surface area contributed by atoms with E-state index in [1.54, 1.807) is 7.11 Å². The van der Waals surface area contributed by atoms with E-state index in [-0.39, 0.29) is 0 Å². The van der Waals surface area contributed by atoms with E-state index >= 15 is 0 Å². The van der Waals surface area contributed by atoms with Crippen LogP contribution in [0.5, 0.6) is 5.75 Å². The molecule has 0 heterocycles. The third-order valence-electron chi connectivity index (χ3n) is 3.61. The van der Waals surface area contributed by atoms with Crippen molar-refractivity contribution in [1.82, 2.24) is 5.32 Å². The Morgan fingerprint density at radius 1 is 1.22 bits per heavy atom. The van der Waals surface area contributed by atoms with Crippen LogP contribution in [0.1, 0.15) is 31.2 Å². The van der Waals surface area contributed by atoms with Gasteiger partial charge in [0.15, 0.2) is 0 Å². The summed E-state index contributed by atoms with van der Waals surface area (Å²) < 4.78 is 10.5. The van der Waals surface area contributed by atoms with E-state index in [1.165, 1.54) is 18.4 Å². The van der Waals surface area contributed by atoms with E-state index in [9.17, 15) is 0 Å². The fourth-order valence-corrected chi connectivity index (χ4v) is 2.41. The molecule has 2 rings (SSSR count). The summed E-state index contributed by atoms with van der Waals surface area (Å²) in [4.78, 5) is 0. The molecular weight excluding hydrogens is 226 g/mol. The monoisotopic (exact) mass is 249 g/mol. The van der Waals surface area contributed by atoms with Gasteiger partial charge in [0.25, 0.3) is 0 Å². The molecule has 0 saturated heterocycles. The van der Waals surface area contributed by atoms with Crippen LogP contribution in [0.15, 0.2) is 24.3 Å². The first kappa shape index (κ1) is 13.4. The second kappa shape index (κ2) is 6.76. The Bertz CT molecular complexity index is 344. The van der Waals surface area contributed by atoms with Crippen molar-refractivity contribution in [3.05, 3.63) is 29.8 Å². The lowest BCUT2D eigenvalue weighted by Gasteiger charge is -2.36. The van der Waals surface area contributed by atoms with Gasteiger partial charge in [-0.25, -0.2) is 0 Å². The fraction of sp³-hybridized carbons (Fsp3) is 0.600. The van der Waals surface area contributed by atoms with Crippen molar-refractivity contribution in [2.75, 3.05) is 26.9 Å². The van der Waals surface area contributed by atoms with Gasteiger partial charge in [0.2, 0.25) is 0 Å². The summed E-state index contributed by atoms with van der Waals surface area (Å²) in [5.41, 5.74) is 1.43. The molecule has 1 aromatic carbocycles. The average molecular weight is 249 g/mol. The van der Waals surface area contributed by atoms with E-state index in [0.717, 1.165) is 25.5 Å². The summed E-state index contributed by atoms with van der Waals surface area (Å²) in [6.45, 7) is 4.62. The number of ether oxygens (including phenoxy) is 2. The Kier molecular flexibility index (Phi) is 5.02. The number of hydrogen-bond acceptors (Lipinski definition) is 3. The number of nitrogens with one attached hydrogen (secondary N) is 1. The van der Waals surface area contributed by atoms with Crippen molar-refractivity contribution in [2.24, 2.45) is 0 Å². The van der Waals surface area contributed by atoms with Gasteiger partial charge in [-0.15, -0.1) is 0 Å². The highest BCUT2D eigenvalue weighted by molar-refractivity contribution is 5.30. The molecule has 3 heteroatoms. The molecule has 0 aromatic heterocycles. The van der Waals surface area contributed by atoms with Crippen molar-refractivity contribution < 1.29 is 9.47 Å². The van der Waals surface area contributed by atoms with Crippen molar-refractivity contribution in [3.63, 3.8) is 0 Å². The van der Waals surface area contributed by atoms with E-state index in [2.05, 4.69) is 17.4 Å². The summed E-state index contributed by atoms with van der Waals surface area (Å²) in [6.07, 6.45) is 2.47. The third kappa shape index (κ3) is 3.47. The zero-order valence-corrected chi connectivity index (χ0v) is 11.3. The van der Waals surface area contributed by atoms with Crippen LogP contribution in [0, 0.1) is 0 Å². The van der Waals surface area contributed by atoms with Crippen LogP contribution >= 0.6 is 0 Å². The molecule has 0 unspecified atom stereocenters. The van der Waals surface area contributed by atoms with Crippen molar-refractivity contribution in [3.8, 4) is 5.75 Å². The highest BCUT2D eigenvalue weighted by Crippen LogP contribution is 2.37. The summed E-state index contributed by atoms with van der Waals surface area (Å²) in [6, 6.07) is 9.12. The molecular formula is C15H23NO2. The summed E-state index contributed by atoms with van der Waals surface area (Å²) >= 11 is 0. The van der Waals surface area contributed by atoms with Crippen molar-refractivity contribution in [2.45, 2.75) is 31.7 Å². The fourth-order valence-electron chi connectivity index (χ4n) is 2.41. The number of methoxy groups -OCH3 is 1. The highest BCUT2D eigenvalue weighted by atomic mass is 16.5. The van der Waals surface area contributed by atoms with Crippen LogP contribution in [0.4, 0.5) is 0 Å². The van der Waals surface area contributed by atoms with E-state index in [1.807, 2.05) is 19.1 Å². The van der Waals surface area contributed by atoms with E-state index in [4.69, 9.17) is 9.47 Å². The molecule has 1 aromatic rings. The Labute approximate surface area is 109 Å². The van der Waals surface area contributed by atoms with Gasteiger partial charge in [0.05, 0.1) is 13.7 Å². The van der Waals surface area contributed by atoms with Crippen LogP contribution in [-0.4, -0.2) is 32.9 Å². The molecule has 0 spiro atoms. The van der Waals surface area contributed by atoms with Crippen molar-refractivity contribution in [1.29, 1.82) is 0 Å². The van der Waals surface area contributed by atoms with Crippen LogP contribution in [0.3, 0.4) is 0 Å². The zero-order chi connectivity index (χ0) is 12.8. The molecule has 18 heavy (non-hydrogen) atoms. The van der Waals surface area contributed by atoms with Crippen molar-refractivity contribution >= 4 is 0 Å². The molecule has 1 N–H and O–H groups in total. The van der Waals surface area contributed by atoms with Gasteiger partial charge in [-0.1, -0.05) is 12.1 Å². The van der Waals surface area contributed by atoms with Crippen LogP contribution in [-0.2, 0) is 4.74 Å². The van der Waals surface area contributed by atoms with Gasteiger partial charge >= 0.3 is 0 Å². The van der Waals surface area contributed by atoms with E-state index in [0.29, 0.717) is 12.0 Å². The second-order valence-corrected chi connectivity index (χ2v) is 4.79.